The molecule has 0 unspecified atom stereocenters. The summed E-state index contributed by atoms with van der Waals surface area (Å²) in [5.74, 6) is 0. The second-order valence-corrected chi connectivity index (χ2v) is 5.68. The van der Waals surface area contributed by atoms with Crippen LogP contribution in [-0.2, 0) is 0 Å². The van der Waals surface area contributed by atoms with Crippen LogP contribution in [-0.4, -0.2) is 38.1 Å². The lowest BCUT2D eigenvalue weighted by molar-refractivity contribution is 0.360. The van der Waals surface area contributed by atoms with Crippen molar-refractivity contribution in [2.75, 3.05) is 38.1 Å². The molecule has 3 rings (SSSR count). The molecule has 1 aromatic heterocycles. The van der Waals surface area contributed by atoms with Crippen molar-refractivity contribution >= 4 is 27.1 Å². The summed E-state index contributed by atoms with van der Waals surface area (Å²) in [4.78, 5) is 4.97. The smallest absolute Gasteiger partial charge is 0.0576 e. The van der Waals surface area contributed by atoms with Crippen LogP contribution in [0, 0.1) is 0 Å². The number of fused-ring (bicyclic) bond motifs is 1. The minimum Gasteiger partial charge on any atom is -0.369 e. The summed E-state index contributed by atoms with van der Waals surface area (Å²) in [5, 5.41) is 3.57. The highest BCUT2D eigenvalue weighted by molar-refractivity contribution is 7.17. The Kier molecular flexibility index (Phi) is 3.04. The van der Waals surface area contributed by atoms with Gasteiger partial charge in [-0.2, -0.15) is 0 Å². The van der Waals surface area contributed by atoms with E-state index < -0.39 is 0 Å². The molecule has 1 aromatic carbocycles. The maximum Gasteiger partial charge on any atom is 0.0576 e. The van der Waals surface area contributed by atoms with Crippen LogP contribution in [0.4, 0.5) is 5.69 Å². The molecule has 2 nitrogen and oxygen atoms in total. The second-order valence-electron chi connectivity index (χ2n) is 4.76. The molecular weight excluding hydrogens is 228 g/mol. The van der Waals surface area contributed by atoms with Crippen molar-refractivity contribution in [3.05, 3.63) is 29.6 Å². The summed E-state index contributed by atoms with van der Waals surface area (Å²) < 4.78 is 1.44. The summed E-state index contributed by atoms with van der Waals surface area (Å²) >= 11 is 1.86. The molecule has 3 heteroatoms. The van der Waals surface area contributed by atoms with Gasteiger partial charge in [-0.3, -0.25) is 0 Å². The van der Waals surface area contributed by atoms with E-state index in [1.807, 2.05) is 11.3 Å². The molecule has 0 radical (unpaired) electrons. The van der Waals surface area contributed by atoms with Crippen molar-refractivity contribution < 1.29 is 0 Å². The lowest BCUT2D eigenvalue weighted by Gasteiger charge is -2.23. The predicted octanol–water partition coefficient (Wildman–Crippen LogP) is 3.04. The van der Waals surface area contributed by atoms with Crippen LogP contribution in [0.3, 0.4) is 0 Å². The molecule has 0 amide bonds. The van der Waals surface area contributed by atoms with E-state index in [1.54, 1.807) is 0 Å². The standard InChI is InChI=1S/C14H18N2S/c1-15-7-3-8-16(10-9-15)13-5-2-4-12-6-11-17-14(12)13/h2,4-6,11H,3,7-10H2,1H3. The fourth-order valence-electron chi connectivity index (χ4n) is 2.51. The molecule has 1 aliphatic rings. The average Bonchev–Trinajstić information content (AvgIpc) is 2.72. The van der Waals surface area contributed by atoms with E-state index in [-0.39, 0.29) is 0 Å². The Morgan fingerprint density at radius 1 is 1.06 bits per heavy atom. The average molecular weight is 246 g/mol. The van der Waals surface area contributed by atoms with Gasteiger partial charge in [0.25, 0.3) is 0 Å². The molecule has 0 aliphatic carbocycles. The summed E-state index contributed by atoms with van der Waals surface area (Å²) in [5.41, 5.74) is 1.42. The van der Waals surface area contributed by atoms with Gasteiger partial charge in [0.15, 0.2) is 0 Å². The predicted molar refractivity (Wildman–Crippen MR) is 76.2 cm³/mol. The number of hydrogen-bond acceptors (Lipinski definition) is 3. The molecule has 1 saturated heterocycles. The lowest BCUT2D eigenvalue weighted by Crippen LogP contribution is -2.28. The first-order valence-electron chi connectivity index (χ1n) is 6.24. The Hall–Kier alpha value is -1.06. The number of nitrogens with zero attached hydrogens (tertiary/aromatic N) is 2. The van der Waals surface area contributed by atoms with Gasteiger partial charge in [-0.05, 0) is 42.9 Å². The number of likely N-dealkylation sites (N-methyl/N-ethyl adjacent to an activating group) is 1. The molecule has 1 aliphatic heterocycles. The first kappa shape index (κ1) is 11.1. The summed E-state index contributed by atoms with van der Waals surface area (Å²) in [6.07, 6.45) is 1.26. The van der Waals surface area contributed by atoms with Crippen molar-refractivity contribution in [2.24, 2.45) is 0 Å². The van der Waals surface area contributed by atoms with Crippen LogP contribution in [0.25, 0.3) is 10.1 Å². The molecule has 0 saturated carbocycles. The molecule has 17 heavy (non-hydrogen) atoms. The molecular formula is C14H18N2S. The Labute approximate surface area is 106 Å². The Morgan fingerprint density at radius 3 is 2.94 bits per heavy atom. The van der Waals surface area contributed by atoms with E-state index in [2.05, 4.69) is 46.5 Å². The number of anilines is 1. The van der Waals surface area contributed by atoms with Gasteiger partial charge in [0, 0.05) is 19.6 Å². The molecule has 90 valence electrons. The zero-order valence-electron chi connectivity index (χ0n) is 10.2. The minimum absolute atomic E-state index is 1.15. The summed E-state index contributed by atoms with van der Waals surface area (Å²) in [6.45, 7) is 4.72. The minimum atomic E-state index is 1.15. The fourth-order valence-corrected chi connectivity index (χ4v) is 3.45. The number of thiophene rings is 1. The summed E-state index contributed by atoms with van der Waals surface area (Å²) in [6, 6.07) is 8.87. The van der Waals surface area contributed by atoms with Gasteiger partial charge in [-0.15, -0.1) is 11.3 Å². The third kappa shape index (κ3) is 2.17. The first-order valence-corrected chi connectivity index (χ1v) is 7.12. The van der Waals surface area contributed by atoms with Gasteiger partial charge in [0.1, 0.15) is 0 Å². The van der Waals surface area contributed by atoms with Crippen molar-refractivity contribution in [2.45, 2.75) is 6.42 Å². The fraction of sp³-hybridized carbons (Fsp3) is 0.429. The molecule has 0 atom stereocenters. The third-order valence-electron chi connectivity index (χ3n) is 3.52. The number of benzene rings is 1. The molecule has 0 bridgehead atoms. The van der Waals surface area contributed by atoms with E-state index in [9.17, 15) is 0 Å². The highest BCUT2D eigenvalue weighted by Gasteiger charge is 2.14. The quantitative estimate of drug-likeness (QED) is 0.763. The summed E-state index contributed by atoms with van der Waals surface area (Å²) in [7, 11) is 2.22. The SMILES string of the molecule is CN1CCCN(c2cccc3ccsc23)CC1. The highest BCUT2D eigenvalue weighted by atomic mass is 32.1. The number of hydrogen-bond donors (Lipinski definition) is 0. The van der Waals surface area contributed by atoms with E-state index in [0.717, 1.165) is 6.54 Å². The molecule has 2 aromatic rings. The Bertz CT molecular complexity index is 506. The molecule has 0 N–H and O–H groups in total. The Balaban J connectivity index is 1.94. The van der Waals surface area contributed by atoms with Gasteiger partial charge in [0.05, 0.1) is 10.4 Å². The molecule has 1 fully saturated rings. The van der Waals surface area contributed by atoms with E-state index in [4.69, 9.17) is 0 Å². The van der Waals surface area contributed by atoms with Gasteiger partial charge in [0.2, 0.25) is 0 Å². The zero-order chi connectivity index (χ0) is 11.7. The monoisotopic (exact) mass is 246 g/mol. The van der Waals surface area contributed by atoms with Gasteiger partial charge in [-0.25, -0.2) is 0 Å². The van der Waals surface area contributed by atoms with Crippen molar-refractivity contribution in [3.63, 3.8) is 0 Å². The second kappa shape index (κ2) is 4.67. The first-order chi connectivity index (χ1) is 8.34. The van der Waals surface area contributed by atoms with Crippen LogP contribution in [0.5, 0.6) is 0 Å². The normalized spacial score (nSPS) is 18.5. The van der Waals surface area contributed by atoms with Crippen LogP contribution in [0.1, 0.15) is 6.42 Å². The van der Waals surface area contributed by atoms with E-state index in [1.165, 1.54) is 41.8 Å². The lowest BCUT2D eigenvalue weighted by atomic mass is 10.2. The van der Waals surface area contributed by atoms with Gasteiger partial charge < -0.3 is 9.80 Å². The van der Waals surface area contributed by atoms with E-state index >= 15 is 0 Å². The molecule has 0 spiro atoms. The molecule has 2 heterocycles. The highest BCUT2D eigenvalue weighted by Crippen LogP contribution is 2.31. The van der Waals surface area contributed by atoms with Gasteiger partial charge >= 0.3 is 0 Å². The number of rotatable bonds is 1. The van der Waals surface area contributed by atoms with Crippen LogP contribution in [0.2, 0.25) is 0 Å². The maximum atomic E-state index is 2.54. The largest absolute Gasteiger partial charge is 0.369 e. The van der Waals surface area contributed by atoms with Gasteiger partial charge in [-0.1, -0.05) is 12.1 Å². The van der Waals surface area contributed by atoms with Crippen LogP contribution < -0.4 is 4.90 Å². The van der Waals surface area contributed by atoms with Crippen molar-refractivity contribution in [1.82, 2.24) is 4.90 Å². The third-order valence-corrected chi connectivity index (χ3v) is 4.47. The maximum absolute atomic E-state index is 2.54. The Morgan fingerprint density at radius 2 is 2.00 bits per heavy atom. The zero-order valence-corrected chi connectivity index (χ0v) is 11.0. The van der Waals surface area contributed by atoms with E-state index in [0.29, 0.717) is 0 Å². The van der Waals surface area contributed by atoms with Crippen LogP contribution in [0.15, 0.2) is 29.6 Å². The van der Waals surface area contributed by atoms with Crippen molar-refractivity contribution in [3.8, 4) is 0 Å². The topological polar surface area (TPSA) is 6.48 Å². The van der Waals surface area contributed by atoms with Crippen LogP contribution >= 0.6 is 11.3 Å². The van der Waals surface area contributed by atoms with Crippen molar-refractivity contribution in [1.29, 1.82) is 0 Å².